The molecule has 0 radical (unpaired) electrons. The molecule has 8 rings (SSSR count). The van der Waals surface area contributed by atoms with E-state index in [0.717, 1.165) is 101 Å². The maximum atomic E-state index is 6.55. The van der Waals surface area contributed by atoms with Crippen LogP contribution in [0.2, 0.25) is 13.6 Å². The molecule has 0 saturated heterocycles. The van der Waals surface area contributed by atoms with Crippen molar-refractivity contribution in [2.75, 3.05) is 0 Å². The van der Waals surface area contributed by atoms with Crippen molar-refractivity contribution >= 4 is 76.6 Å². The predicted octanol–water partition coefficient (Wildman–Crippen LogP) is 13.2. The molecule has 64 heavy (non-hydrogen) atoms. The Morgan fingerprint density at radius 1 is 0.734 bits per heavy atom. The minimum atomic E-state index is 0.599. The summed E-state index contributed by atoms with van der Waals surface area (Å²) in [6.07, 6.45) is 18.4. The van der Waals surface area contributed by atoms with E-state index in [4.69, 9.17) is 24.4 Å². The Balaban J connectivity index is 1.18. The van der Waals surface area contributed by atoms with Crippen molar-refractivity contribution in [2.24, 2.45) is 0 Å². The molecular formula is C55H49B2N5OS. The Morgan fingerprint density at radius 3 is 2.02 bits per heavy atom. The number of aromatic nitrogens is 5. The molecule has 4 aromatic heterocycles. The normalized spacial score (nSPS) is 12.2. The number of furan rings is 1. The van der Waals surface area contributed by atoms with Gasteiger partial charge in [0.1, 0.15) is 0 Å². The molecule has 0 aliphatic rings. The van der Waals surface area contributed by atoms with E-state index in [2.05, 4.69) is 132 Å². The molecule has 0 saturated carbocycles. The molecule has 312 valence electrons. The van der Waals surface area contributed by atoms with E-state index in [1.165, 1.54) is 5.46 Å². The summed E-state index contributed by atoms with van der Waals surface area (Å²) in [6, 6.07) is 35.0. The van der Waals surface area contributed by atoms with Gasteiger partial charge in [-0.05, 0) is 6.07 Å². The monoisotopic (exact) mass is 849 g/mol. The second-order valence-corrected chi connectivity index (χ2v) is 16.3. The van der Waals surface area contributed by atoms with Crippen molar-refractivity contribution in [1.29, 1.82) is 0 Å². The van der Waals surface area contributed by atoms with E-state index >= 15 is 0 Å². The predicted molar refractivity (Wildman–Crippen MR) is 278 cm³/mol. The van der Waals surface area contributed by atoms with Crippen molar-refractivity contribution in [3.8, 4) is 50.4 Å². The van der Waals surface area contributed by atoms with Crippen LogP contribution >= 0.6 is 11.3 Å². The summed E-state index contributed by atoms with van der Waals surface area (Å²) >= 11 is 1.67. The third-order valence-corrected chi connectivity index (χ3v) is 12.5. The zero-order valence-electron chi connectivity index (χ0n) is 37.3. The fraction of sp³-hybridized carbons (Fsp3) is 0.109. The third-order valence-electron chi connectivity index (χ3n) is 11.4. The van der Waals surface area contributed by atoms with Crippen molar-refractivity contribution < 1.29 is 4.42 Å². The summed E-state index contributed by atoms with van der Waals surface area (Å²) in [7, 11) is 0.860. The molecule has 4 aromatic carbocycles. The number of fused-ring (bicyclic) bond motifs is 1. The number of hydrogen-bond donors (Lipinski definition) is 0. The fourth-order valence-electron chi connectivity index (χ4n) is 8.18. The summed E-state index contributed by atoms with van der Waals surface area (Å²) in [5.74, 6) is 3.60. The van der Waals surface area contributed by atoms with Crippen LogP contribution in [0.4, 0.5) is 0 Å². The molecule has 0 amide bonds. The van der Waals surface area contributed by atoms with Gasteiger partial charge in [-0.25, -0.2) is 15.0 Å². The molecule has 8 aromatic rings. The van der Waals surface area contributed by atoms with Gasteiger partial charge in [-0.2, -0.15) is 0 Å². The first-order chi connectivity index (χ1) is 31.3. The molecule has 0 N–H and O–H groups in total. The summed E-state index contributed by atoms with van der Waals surface area (Å²) in [6.45, 7) is 22.9. The van der Waals surface area contributed by atoms with Crippen molar-refractivity contribution in [3.05, 3.63) is 186 Å². The molecule has 0 atom stereocenters. The van der Waals surface area contributed by atoms with E-state index in [1.54, 1.807) is 17.4 Å². The van der Waals surface area contributed by atoms with Crippen LogP contribution in [-0.4, -0.2) is 44.2 Å². The maximum absolute atomic E-state index is 6.55. The molecule has 0 fully saturated rings. The van der Waals surface area contributed by atoms with Crippen LogP contribution in [0.5, 0.6) is 0 Å². The average molecular weight is 850 g/mol. The number of rotatable bonds is 14. The van der Waals surface area contributed by atoms with Gasteiger partial charge < -0.3 is 0 Å². The second-order valence-electron chi connectivity index (χ2n) is 15.3. The van der Waals surface area contributed by atoms with E-state index < -0.39 is 0 Å². The summed E-state index contributed by atoms with van der Waals surface area (Å²) < 4.78 is 9.95. The van der Waals surface area contributed by atoms with Gasteiger partial charge in [0.2, 0.25) is 0 Å². The van der Waals surface area contributed by atoms with E-state index in [-0.39, 0.29) is 0 Å². The Morgan fingerprint density at radius 2 is 1.41 bits per heavy atom. The van der Waals surface area contributed by atoms with Gasteiger partial charge in [0, 0.05) is 16.7 Å². The number of nitrogens with zero attached hydrogens (tertiary/aromatic N) is 5. The standard InChI is InChI=1S/C55H49B2N5OS/c1-9-13-28-48-36(6)50(57-8)51(63-48)43(12-4)44(56-7)30-31-46-35(5)42(11-3)47(21-10-2)62(46)41-27-20-26-40(33-41)55-58-45-34-39(29-32-49(45)64-55)54-60-52(37-22-16-14-17-23-37)59-53(61-54)38-24-18-15-19-25-38/h9-34,57H,1,3H2,2,4-8H3/b21-10-,28-13-,31-30-,43-12-. The Hall–Kier alpha value is -7.22. The first-order valence-corrected chi connectivity index (χ1v) is 22.4. The topological polar surface area (TPSA) is 69.6 Å². The van der Waals surface area contributed by atoms with Gasteiger partial charge >= 0.3 is 268 Å². The number of benzene rings is 4. The molecular weight excluding hydrogens is 800 g/mol. The average Bonchev–Trinajstić information content (AvgIpc) is 3.99. The van der Waals surface area contributed by atoms with Gasteiger partial charge in [0.15, 0.2) is 17.5 Å². The first-order valence-electron chi connectivity index (χ1n) is 21.6. The molecule has 0 bridgehead atoms. The molecule has 0 unspecified atom stereocenters. The number of hydrogen-bond acceptors (Lipinski definition) is 6. The van der Waals surface area contributed by atoms with E-state index in [9.17, 15) is 0 Å². The van der Waals surface area contributed by atoms with Crippen LogP contribution in [0, 0.1) is 13.8 Å². The Labute approximate surface area is 381 Å². The third kappa shape index (κ3) is 8.59. The molecule has 0 aliphatic heterocycles. The minimum absolute atomic E-state index is 0.599. The number of allylic oxidation sites excluding steroid dienone is 6. The second kappa shape index (κ2) is 19.4. The zero-order valence-corrected chi connectivity index (χ0v) is 38.1. The Bertz CT molecular complexity index is 3120. The van der Waals surface area contributed by atoms with Crippen LogP contribution in [-0.2, 0) is 0 Å². The quantitative estimate of drug-likeness (QED) is 0.0805. The van der Waals surface area contributed by atoms with Gasteiger partial charge in [-0.15, -0.1) is 0 Å². The van der Waals surface area contributed by atoms with Gasteiger partial charge in [-0.3, -0.25) is 0 Å². The van der Waals surface area contributed by atoms with Gasteiger partial charge in [0.25, 0.3) is 0 Å². The van der Waals surface area contributed by atoms with Crippen molar-refractivity contribution in [2.45, 2.75) is 41.3 Å². The van der Waals surface area contributed by atoms with Crippen LogP contribution in [0.15, 0.2) is 151 Å². The van der Waals surface area contributed by atoms with Crippen molar-refractivity contribution in [1.82, 2.24) is 24.5 Å². The molecule has 0 aliphatic carbocycles. The van der Waals surface area contributed by atoms with Crippen molar-refractivity contribution in [3.63, 3.8) is 0 Å². The van der Waals surface area contributed by atoms with E-state index in [0.29, 0.717) is 17.5 Å². The first kappa shape index (κ1) is 43.4. The molecule has 6 nitrogen and oxygen atoms in total. The van der Waals surface area contributed by atoms with Crippen LogP contribution in [0.1, 0.15) is 53.4 Å². The van der Waals surface area contributed by atoms with Crippen LogP contribution in [0.25, 0.3) is 90.5 Å². The molecule has 0 spiro atoms. The summed E-state index contributed by atoms with van der Waals surface area (Å²) in [5.41, 5.74) is 14.5. The fourth-order valence-corrected chi connectivity index (χ4v) is 9.12. The summed E-state index contributed by atoms with van der Waals surface area (Å²) in [4.78, 5) is 20.0. The van der Waals surface area contributed by atoms with Gasteiger partial charge in [0.05, 0.1) is 0 Å². The van der Waals surface area contributed by atoms with E-state index in [1.807, 2.05) is 85.8 Å². The zero-order chi connectivity index (χ0) is 44.7. The van der Waals surface area contributed by atoms with Crippen LogP contribution < -0.4 is 5.46 Å². The molecule has 9 heteroatoms. The molecule has 4 heterocycles. The SMILES string of the molecule is C=C/C=C\c1oc(C(=C\C)/C(=B/C)/C=C\c2c(C)c(C=C)c(/C=C\C)n2-c2cccc(-c3nc4cc(-c5nc(-c6ccccc6)nc(-c6ccccc6)n5)ccc4s3)c2)c(BC)c1C. The van der Waals surface area contributed by atoms with Gasteiger partial charge in [-0.1, -0.05) is 60.7 Å². The Kier molecular flexibility index (Phi) is 13.2. The van der Waals surface area contributed by atoms with Crippen LogP contribution in [0.3, 0.4) is 0 Å². The summed E-state index contributed by atoms with van der Waals surface area (Å²) in [5, 5.41) is 0.925. The number of thiazole rings is 1.